The third kappa shape index (κ3) is 3.50. The van der Waals surface area contributed by atoms with Crippen LogP contribution < -0.4 is 5.32 Å². The minimum absolute atomic E-state index is 0.150. The lowest BCUT2D eigenvalue weighted by atomic mass is 9.79. The van der Waals surface area contributed by atoms with Crippen molar-refractivity contribution in [2.75, 3.05) is 20.1 Å². The van der Waals surface area contributed by atoms with Crippen LogP contribution in [0.25, 0.3) is 16.5 Å². The maximum Gasteiger partial charge on any atom is 0.281 e. The number of rotatable bonds is 4. The van der Waals surface area contributed by atoms with Crippen LogP contribution in [0.2, 0.25) is 0 Å². The predicted molar refractivity (Wildman–Crippen MR) is 152 cm³/mol. The molecule has 218 valence electrons. The Labute approximate surface area is 239 Å². The largest absolute Gasteiger partial charge is 0.361 e. The van der Waals surface area contributed by atoms with Crippen molar-refractivity contribution in [2.24, 2.45) is 17.8 Å². The maximum absolute atomic E-state index is 14.3. The Kier molecular flexibility index (Phi) is 5.79. The molecule has 41 heavy (non-hydrogen) atoms. The zero-order valence-corrected chi connectivity index (χ0v) is 24.3. The molecule has 1 aromatic heterocycles. The number of aromatic nitrogens is 1. The van der Waals surface area contributed by atoms with Gasteiger partial charge in [-0.05, 0) is 55.0 Å². The lowest BCUT2D eigenvalue weighted by Crippen LogP contribution is -2.72. The van der Waals surface area contributed by atoms with Gasteiger partial charge in [-0.2, -0.15) is 0 Å². The normalized spacial score (nSPS) is 34.8. The first-order valence-electron chi connectivity index (χ1n) is 14.9. The highest BCUT2D eigenvalue weighted by Crippen LogP contribution is 2.49. The van der Waals surface area contributed by atoms with Gasteiger partial charge in [-0.25, -0.2) is 0 Å². The van der Waals surface area contributed by atoms with E-state index >= 15 is 0 Å². The standard InChI is InChI=1S/C31H39N5O5/c1-16(2)26-28(38)35-11-7-10-24(35)31(40)36(26)29(39)30(41-31,17(3)4)33-27(37)19-12-21-20-8-6-9-22-25(20)18(14-32-22)13-23(21)34(5)15-19/h6,8-9,12,14,16-17,19,23-24,26,32,40H,7,10-11,13,15H2,1-5H3,(H,33,37)/t19-,23+,24+,26+,30-,31+/m1/s1. The highest BCUT2D eigenvalue weighted by molar-refractivity contribution is 6.01. The van der Waals surface area contributed by atoms with Crippen LogP contribution >= 0.6 is 0 Å². The van der Waals surface area contributed by atoms with Crippen molar-refractivity contribution in [1.29, 1.82) is 0 Å². The summed E-state index contributed by atoms with van der Waals surface area (Å²) in [5, 5.41) is 16.2. The second-order valence-electron chi connectivity index (χ2n) is 13.1. The van der Waals surface area contributed by atoms with Crippen molar-refractivity contribution in [3.05, 3.63) is 41.6 Å². The summed E-state index contributed by atoms with van der Waals surface area (Å²) >= 11 is 0. The molecule has 10 heteroatoms. The molecule has 3 saturated heterocycles. The van der Waals surface area contributed by atoms with E-state index in [1.54, 1.807) is 18.7 Å². The van der Waals surface area contributed by atoms with Crippen LogP contribution in [0.15, 0.2) is 30.5 Å². The molecule has 5 heterocycles. The first-order chi connectivity index (χ1) is 19.5. The SMILES string of the molecule is CC(C)[C@H]1C(=O)N2CCC[C@H]2[C@]2(O)O[C@](NC(=O)[C@@H]3C=C4c5cccc6[nH]cc(c56)C[C@@H]4N(C)C3)(C(C)C)C(=O)N12. The number of aromatic amines is 1. The van der Waals surface area contributed by atoms with Crippen molar-refractivity contribution < 1.29 is 24.2 Å². The highest BCUT2D eigenvalue weighted by atomic mass is 16.7. The molecular weight excluding hydrogens is 522 g/mol. The number of piperazine rings is 1. The van der Waals surface area contributed by atoms with E-state index in [-0.39, 0.29) is 23.8 Å². The molecule has 3 N–H and O–H groups in total. The lowest BCUT2D eigenvalue weighted by molar-refractivity contribution is -0.323. The third-order valence-corrected chi connectivity index (χ3v) is 10.1. The fraction of sp³-hybridized carbons (Fsp3) is 0.581. The van der Waals surface area contributed by atoms with Gasteiger partial charge >= 0.3 is 0 Å². The van der Waals surface area contributed by atoms with Crippen LogP contribution in [-0.2, 0) is 25.5 Å². The van der Waals surface area contributed by atoms with E-state index in [0.717, 1.165) is 23.1 Å². The van der Waals surface area contributed by atoms with Crippen molar-refractivity contribution in [2.45, 2.75) is 76.7 Å². The number of nitrogens with zero attached hydrogens (tertiary/aromatic N) is 3. The number of benzene rings is 1. The Hall–Kier alpha value is -3.21. The number of carbonyl (C=O) groups is 3. The molecule has 0 unspecified atom stereocenters. The second kappa shape index (κ2) is 8.89. The molecule has 1 aliphatic carbocycles. The zero-order chi connectivity index (χ0) is 29.0. The number of H-pyrrole nitrogens is 1. The molecule has 1 aromatic carbocycles. The van der Waals surface area contributed by atoms with E-state index in [9.17, 15) is 19.5 Å². The number of hydrogen-bond donors (Lipinski definition) is 3. The number of aliphatic hydroxyl groups is 1. The van der Waals surface area contributed by atoms with Crippen molar-refractivity contribution >= 4 is 34.2 Å². The van der Waals surface area contributed by atoms with Crippen LogP contribution in [0.1, 0.15) is 51.7 Å². The van der Waals surface area contributed by atoms with E-state index in [2.05, 4.69) is 33.5 Å². The topological polar surface area (TPSA) is 118 Å². The zero-order valence-electron chi connectivity index (χ0n) is 24.3. The number of carbonyl (C=O) groups excluding carboxylic acids is 3. The van der Waals surface area contributed by atoms with Gasteiger partial charge in [0.2, 0.25) is 17.5 Å². The molecule has 10 nitrogen and oxygen atoms in total. The summed E-state index contributed by atoms with van der Waals surface area (Å²) in [6.45, 7) is 8.32. The molecule has 4 aliphatic heterocycles. The van der Waals surface area contributed by atoms with E-state index in [4.69, 9.17) is 4.74 Å². The fourth-order valence-corrected chi connectivity index (χ4v) is 7.97. The van der Waals surface area contributed by atoms with Crippen LogP contribution in [0, 0.1) is 17.8 Å². The summed E-state index contributed by atoms with van der Waals surface area (Å²) in [7, 11) is 2.03. The van der Waals surface area contributed by atoms with E-state index in [1.165, 1.54) is 15.8 Å². The van der Waals surface area contributed by atoms with Crippen LogP contribution in [-0.4, -0.2) is 92.4 Å². The quantitative estimate of drug-likeness (QED) is 0.526. The third-order valence-electron chi connectivity index (χ3n) is 10.1. The summed E-state index contributed by atoms with van der Waals surface area (Å²) in [4.78, 5) is 50.4. The molecule has 7 rings (SSSR count). The first-order valence-corrected chi connectivity index (χ1v) is 14.9. The highest BCUT2D eigenvalue weighted by Gasteiger charge is 2.72. The lowest BCUT2D eigenvalue weighted by Gasteiger charge is -2.49. The van der Waals surface area contributed by atoms with Crippen LogP contribution in [0.4, 0.5) is 0 Å². The summed E-state index contributed by atoms with van der Waals surface area (Å²) in [5.41, 5.74) is 2.78. The molecule has 2 aromatic rings. The van der Waals surface area contributed by atoms with Crippen molar-refractivity contribution in [3.63, 3.8) is 0 Å². The number of likely N-dealkylation sites (N-methyl/N-ethyl adjacent to an activating group) is 1. The van der Waals surface area contributed by atoms with Crippen LogP contribution in [0.5, 0.6) is 0 Å². The number of ether oxygens (including phenoxy) is 1. The summed E-state index contributed by atoms with van der Waals surface area (Å²) in [5.74, 6) is -4.36. The van der Waals surface area contributed by atoms with Gasteiger partial charge in [0.25, 0.3) is 11.8 Å². The summed E-state index contributed by atoms with van der Waals surface area (Å²) in [6.07, 6.45) is 6.21. The summed E-state index contributed by atoms with van der Waals surface area (Å²) < 4.78 is 6.40. The van der Waals surface area contributed by atoms with Crippen molar-refractivity contribution in [1.82, 2.24) is 25.0 Å². The average Bonchev–Trinajstić information content (AvgIpc) is 3.64. The fourth-order valence-electron chi connectivity index (χ4n) is 7.97. The summed E-state index contributed by atoms with van der Waals surface area (Å²) in [6, 6.07) is 4.80. The number of amides is 3. The first kappa shape index (κ1) is 26.7. The van der Waals surface area contributed by atoms with Gasteiger partial charge in [-0.3, -0.25) is 28.9 Å². The molecule has 0 radical (unpaired) electrons. The minimum atomic E-state index is -2.01. The van der Waals surface area contributed by atoms with Gasteiger partial charge in [0.1, 0.15) is 12.1 Å². The van der Waals surface area contributed by atoms with Crippen molar-refractivity contribution in [3.8, 4) is 0 Å². The van der Waals surface area contributed by atoms with E-state index in [0.29, 0.717) is 25.9 Å². The van der Waals surface area contributed by atoms with Gasteiger partial charge < -0.3 is 20.3 Å². The van der Waals surface area contributed by atoms with Gasteiger partial charge in [-0.1, -0.05) is 45.9 Å². The molecule has 6 atom stereocenters. The molecular formula is C31H39N5O5. The molecule has 3 amide bonds. The van der Waals surface area contributed by atoms with Gasteiger partial charge in [0.05, 0.1) is 5.92 Å². The van der Waals surface area contributed by atoms with Gasteiger partial charge in [-0.15, -0.1) is 0 Å². The Morgan fingerprint density at radius 1 is 1.22 bits per heavy atom. The number of nitrogens with one attached hydrogen (secondary N) is 2. The number of fused-ring (bicyclic) bond motifs is 5. The van der Waals surface area contributed by atoms with Gasteiger partial charge in [0.15, 0.2) is 0 Å². The molecule has 0 bridgehead atoms. The van der Waals surface area contributed by atoms with E-state index in [1.807, 2.05) is 33.0 Å². The average molecular weight is 562 g/mol. The smallest absolute Gasteiger partial charge is 0.281 e. The second-order valence-corrected chi connectivity index (χ2v) is 13.1. The molecule has 3 fully saturated rings. The molecule has 0 saturated carbocycles. The van der Waals surface area contributed by atoms with E-state index < -0.39 is 41.5 Å². The van der Waals surface area contributed by atoms with Crippen LogP contribution in [0.3, 0.4) is 0 Å². The Morgan fingerprint density at radius 2 is 2.00 bits per heavy atom. The minimum Gasteiger partial charge on any atom is -0.361 e. The predicted octanol–water partition coefficient (Wildman–Crippen LogP) is 2.04. The Morgan fingerprint density at radius 3 is 2.73 bits per heavy atom. The molecule has 5 aliphatic rings. The number of hydrogen-bond acceptors (Lipinski definition) is 6. The Bertz CT molecular complexity index is 1500. The Balaban J connectivity index is 1.25. The molecule has 0 spiro atoms. The maximum atomic E-state index is 14.3. The van der Waals surface area contributed by atoms with Gasteiger partial charge in [0, 0.05) is 42.1 Å². The monoisotopic (exact) mass is 561 g/mol.